The van der Waals surface area contributed by atoms with E-state index in [1.165, 1.54) is 0 Å². The Morgan fingerprint density at radius 1 is 1.43 bits per heavy atom. The zero-order valence-corrected chi connectivity index (χ0v) is 12.9. The minimum atomic E-state index is -3.72. The van der Waals surface area contributed by atoms with Crippen molar-refractivity contribution in [2.45, 2.75) is 38.4 Å². The first-order valence-electron chi connectivity index (χ1n) is 6.66. The maximum absolute atomic E-state index is 12.3. The van der Waals surface area contributed by atoms with Gasteiger partial charge in [-0.2, -0.15) is 5.10 Å². The molecule has 0 aliphatic carbocycles. The fourth-order valence-corrected chi connectivity index (χ4v) is 3.27. The van der Waals surface area contributed by atoms with Crippen LogP contribution in [0.1, 0.15) is 29.4 Å². The Morgan fingerprint density at radius 2 is 2.19 bits per heavy atom. The number of nitrogens with one attached hydrogen (secondary N) is 2. The maximum atomic E-state index is 12.3. The molecule has 8 heteroatoms. The van der Waals surface area contributed by atoms with Gasteiger partial charge >= 0.3 is 0 Å². The summed E-state index contributed by atoms with van der Waals surface area (Å²) in [5, 5.41) is 6.44. The van der Waals surface area contributed by atoms with Crippen molar-refractivity contribution in [2.24, 2.45) is 5.73 Å². The summed E-state index contributed by atoms with van der Waals surface area (Å²) in [6.07, 6.45) is 2.44. The van der Waals surface area contributed by atoms with Crippen molar-refractivity contribution >= 4 is 10.0 Å². The van der Waals surface area contributed by atoms with Crippen LogP contribution in [0.5, 0.6) is 0 Å². The van der Waals surface area contributed by atoms with Crippen molar-refractivity contribution < 1.29 is 8.42 Å². The van der Waals surface area contributed by atoms with Gasteiger partial charge in [0.05, 0.1) is 12.2 Å². The van der Waals surface area contributed by atoms with Gasteiger partial charge in [-0.1, -0.05) is 13.0 Å². The topological polar surface area (TPSA) is 114 Å². The number of aromatic amines is 1. The molecule has 2 heterocycles. The lowest BCUT2D eigenvalue weighted by molar-refractivity contribution is 0.574. The van der Waals surface area contributed by atoms with Gasteiger partial charge in [0.15, 0.2) is 5.03 Å². The van der Waals surface area contributed by atoms with Gasteiger partial charge in [-0.3, -0.25) is 10.1 Å². The fraction of sp³-hybridized carbons (Fsp3) is 0.385. The summed E-state index contributed by atoms with van der Waals surface area (Å²) in [7, 11) is -3.72. The van der Waals surface area contributed by atoms with Crippen molar-refractivity contribution in [1.82, 2.24) is 19.9 Å². The van der Waals surface area contributed by atoms with Gasteiger partial charge in [-0.05, 0) is 25.0 Å². The molecular weight excluding hydrogens is 290 g/mol. The maximum Gasteiger partial charge on any atom is 0.260 e. The third-order valence-corrected chi connectivity index (χ3v) is 4.66. The molecule has 2 rings (SSSR count). The number of aromatic nitrogens is 3. The summed E-state index contributed by atoms with van der Waals surface area (Å²) in [6, 6.07) is 3.76. The van der Waals surface area contributed by atoms with Crippen LogP contribution in [-0.4, -0.2) is 23.6 Å². The highest BCUT2D eigenvalue weighted by Gasteiger charge is 2.23. The van der Waals surface area contributed by atoms with Gasteiger partial charge in [0, 0.05) is 24.0 Å². The molecule has 0 atom stereocenters. The van der Waals surface area contributed by atoms with Crippen LogP contribution < -0.4 is 10.5 Å². The molecule has 0 aliphatic rings. The van der Waals surface area contributed by atoms with Crippen molar-refractivity contribution in [3.8, 4) is 0 Å². The molecule has 0 radical (unpaired) electrons. The number of aryl methyl sites for hydroxylation is 2. The Morgan fingerprint density at radius 3 is 2.86 bits per heavy atom. The molecule has 2 aromatic rings. The summed E-state index contributed by atoms with van der Waals surface area (Å²) < 4.78 is 27.2. The largest absolute Gasteiger partial charge is 0.326 e. The van der Waals surface area contributed by atoms with E-state index < -0.39 is 10.0 Å². The summed E-state index contributed by atoms with van der Waals surface area (Å²) in [6.45, 7) is 3.98. The number of hydrogen-bond donors (Lipinski definition) is 3. The molecule has 0 aromatic carbocycles. The van der Waals surface area contributed by atoms with E-state index in [1.54, 1.807) is 13.1 Å². The quantitative estimate of drug-likeness (QED) is 0.723. The van der Waals surface area contributed by atoms with Crippen molar-refractivity contribution in [3.63, 3.8) is 0 Å². The minimum absolute atomic E-state index is 0.0449. The van der Waals surface area contributed by atoms with E-state index >= 15 is 0 Å². The molecule has 21 heavy (non-hydrogen) atoms. The number of H-pyrrole nitrogens is 1. The third-order valence-electron chi connectivity index (χ3n) is 3.29. The third kappa shape index (κ3) is 3.29. The van der Waals surface area contributed by atoms with Gasteiger partial charge in [0.1, 0.15) is 0 Å². The molecule has 0 saturated heterocycles. The second-order valence-electron chi connectivity index (χ2n) is 4.62. The fourth-order valence-electron chi connectivity index (χ4n) is 2.08. The predicted octanol–water partition coefficient (Wildman–Crippen LogP) is 0.613. The number of nitrogens with zero attached hydrogens (tertiary/aromatic N) is 2. The number of nitrogens with two attached hydrogens (primary N) is 1. The number of rotatable bonds is 6. The molecule has 0 bridgehead atoms. The van der Waals surface area contributed by atoms with Gasteiger partial charge < -0.3 is 5.73 Å². The lowest BCUT2D eigenvalue weighted by Crippen LogP contribution is -2.26. The average Bonchev–Trinajstić information content (AvgIpc) is 2.87. The van der Waals surface area contributed by atoms with Crippen molar-refractivity contribution in [2.75, 3.05) is 0 Å². The minimum Gasteiger partial charge on any atom is -0.326 e. The highest BCUT2D eigenvalue weighted by Crippen LogP contribution is 2.16. The molecule has 0 spiro atoms. The summed E-state index contributed by atoms with van der Waals surface area (Å²) in [4.78, 5) is 4.21. The summed E-state index contributed by atoms with van der Waals surface area (Å²) >= 11 is 0. The van der Waals surface area contributed by atoms with E-state index in [0.29, 0.717) is 17.0 Å². The van der Waals surface area contributed by atoms with Gasteiger partial charge in [-0.15, -0.1) is 0 Å². The standard InChI is InChI=1S/C13H19N5O2S/c1-3-10-5-4-6-15-12(10)8-16-21(19,20)13-11(7-14)9(2)17-18-13/h4-6,16H,3,7-8,14H2,1-2H3,(H,17,18). The van der Waals surface area contributed by atoms with Crippen LogP contribution in [0.25, 0.3) is 0 Å². The predicted molar refractivity (Wildman–Crippen MR) is 78.9 cm³/mol. The van der Waals surface area contributed by atoms with Crippen molar-refractivity contribution in [3.05, 3.63) is 40.8 Å². The van der Waals surface area contributed by atoms with Crippen LogP contribution in [0, 0.1) is 6.92 Å². The Kier molecular flexibility index (Phi) is 4.71. The van der Waals surface area contributed by atoms with Crippen LogP contribution in [0.4, 0.5) is 0 Å². The first kappa shape index (κ1) is 15.6. The molecule has 0 fully saturated rings. The SMILES string of the molecule is CCc1cccnc1CNS(=O)(=O)c1n[nH]c(C)c1CN. The molecule has 4 N–H and O–H groups in total. The monoisotopic (exact) mass is 309 g/mol. The molecule has 7 nitrogen and oxygen atoms in total. The van der Waals surface area contributed by atoms with Crippen LogP contribution in [0.15, 0.2) is 23.4 Å². The zero-order chi connectivity index (χ0) is 15.5. The van der Waals surface area contributed by atoms with Gasteiger partial charge in [0.2, 0.25) is 0 Å². The molecule has 0 amide bonds. The van der Waals surface area contributed by atoms with Gasteiger partial charge in [0.25, 0.3) is 10.0 Å². The highest BCUT2D eigenvalue weighted by molar-refractivity contribution is 7.89. The number of hydrogen-bond acceptors (Lipinski definition) is 5. The summed E-state index contributed by atoms with van der Waals surface area (Å²) in [5.41, 5.74) is 8.46. The number of pyridine rings is 1. The molecule has 2 aromatic heterocycles. The normalized spacial score (nSPS) is 11.8. The van der Waals surface area contributed by atoms with Crippen LogP contribution in [0.2, 0.25) is 0 Å². The summed E-state index contributed by atoms with van der Waals surface area (Å²) in [5.74, 6) is 0. The molecule has 0 saturated carbocycles. The van der Waals surface area contributed by atoms with Crippen LogP contribution >= 0.6 is 0 Å². The van der Waals surface area contributed by atoms with E-state index in [-0.39, 0.29) is 18.1 Å². The Hall–Kier alpha value is -1.77. The lowest BCUT2D eigenvalue weighted by Gasteiger charge is -2.08. The van der Waals surface area contributed by atoms with E-state index in [2.05, 4.69) is 19.9 Å². The van der Waals surface area contributed by atoms with E-state index in [1.807, 2.05) is 19.1 Å². The zero-order valence-electron chi connectivity index (χ0n) is 12.0. The lowest BCUT2D eigenvalue weighted by atomic mass is 10.1. The van der Waals surface area contributed by atoms with E-state index in [9.17, 15) is 8.42 Å². The van der Waals surface area contributed by atoms with E-state index in [0.717, 1.165) is 12.0 Å². The second-order valence-corrected chi connectivity index (χ2v) is 6.31. The highest BCUT2D eigenvalue weighted by atomic mass is 32.2. The Labute approximate surface area is 124 Å². The van der Waals surface area contributed by atoms with Crippen LogP contribution in [0.3, 0.4) is 0 Å². The molecule has 114 valence electrons. The second kappa shape index (κ2) is 6.33. The molecule has 0 unspecified atom stereocenters. The van der Waals surface area contributed by atoms with E-state index in [4.69, 9.17) is 5.73 Å². The first-order valence-corrected chi connectivity index (χ1v) is 8.14. The smallest absolute Gasteiger partial charge is 0.260 e. The Balaban J connectivity index is 2.22. The Bertz CT molecular complexity index is 724. The van der Waals surface area contributed by atoms with Crippen LogP contribution in [-0.2, 0) is 29.5 Å². The van der Waals surface area contributed by atoms with Crippen molar-refractivity contribution in [1.29, 1.82) is 0 Å². The molecular formula is C13H19N5O2S. The van der Waals surface area contributed by atoms with Gasteiger partial charge in [-0.25, -0.2) is 13.1 Å². The number of sulfonamides is 1. The first-order chi connectivity index (χ1) is 9.99. The molecule has 0 aliphatic heterocycles. The average molecular weight is 309 g/mol.